The first kappa shape index (κ1) is 43.3. The second-order valence-electron chi connectivity index (χ2n) is 23.9. The second kappa shape index (κ2) is 14.9. The Bertz CT molecular complexity index is 3650. The molecule has 3 nitrogen and oxygen atoms in total. The lowest BCUT2D eigenvalue weighted by molar-refractivity contribution is 0.332. The lowest BCUT2D eigenvalue weighted by Gasteiger charge is -2.48. The van der Waals surface area contributed by atoms with Crippen LogP contribution >= 0.6 is 0 Å². The predicted octanol–water partition coefficient (Wildman–Crippen LogP) is 16.9. The van der Waals surface area contributed by atoms with Crippen LogP contribution < -0.4 is 20.6 Å². The Morgan fingerprint density at radius 2 is 0.943 bits per heavy atom. The molecule has 0 N–H and O–H groups in total. The molecule has 0 fully saturated rings. The third-order valence-corrected chi connectivity index (χ3v) is 17.6. The van der Waals surface area contributed by atoms with Crippen LogP contribution in [0.15, 0.2) is 156 Å². The van der Waals surface area contributed by atoms with Gasteiger partial charge in [0.15, 0.2) is 0 Å². The van der Waals surface area contributed by atoms with E-state index in [0.717, 1.165) is 29.4 Å². The van der Waals surface area contributed by atoms with Gasteiger partial charge in [-0.2, -0.15) is 0 Å². The van der Waals surface area contributed by atoms with Crippen molar-refractivity contribution < 1.29 is 4.42 Å². The number of fused-ring (bicyclic) bond motifs is 10. The summed E-state index contributed by atoms with van der Waals surface area (Å²) < 4.78 is 7.09. The number of anilines is 5. The molecule has 2 aliphatic carbocycles. The fourth-order valence-electron chi connectivity index (χ4n) is 13.3. The molecule has 0 atom stereocenters. The van der Waals surface area contributed by atoms with Crippen LogP contribution in [0, 0.1) is 13.8 Å². The van der Waals surface area contributed by atoms with Crippen molar-refractivity contribution in [3.05, 3.63) is 185 Å². The Balaban J connectivity index is 1.20. The number of benzene rings is 8. The normalized spacial score (nSPS) is 17.7. The summed E-state index contributed by atoms with van der Waals surface area (Å²) >= 11 is 0. The highest BCUT2D eigenvalue weighted by atomic mass is 16.3. The van der Waals surface area contributed by atoms with Crippen LogP contribution in [0.1, 0.15) is 114 Å². The molecule has 13 rings (SSSR count). The number of furan rings is 1. The van der Waals surface area contributed by atoms with Gasteiger partial charge in [-0.1, -0.05) is 165 Å². The molecule has 3 heterocycles. The summed E-state index contributed by atoms with van der Waals surface area (Å²) in [4.78, 5) is 5.40. The lowest BCUT2D eigenvalue weighted by atomic mass is 9.43. The zero-order chi connectivity index (χ0) is 48.2. The number of para-hydroxylation sites is 1. The molecule has 0 radical (unpaired) electrons. The van der Waals surface area contributed by atoms with E-state index in [1.165, 1.54) is 124 Å². The highest BCUT2D eigenvalue weighted by Gasteiger charge is 2.49. The van der Waals surface area contributed by atoms with E-state index in [0.29, 0.717) is 0 Å². The molecule has 0 amide bonds. The van der Waals surface area contributed by atoms with Gasteiger partial charge in [0.05, 0.1) is 0 Å². The van der Waals surface area contributed by atoms with E-state index in [4.69, 9.17) is 4.42 Å². The lowest BCUT2D eigenvalue weighted by Crippen LogP contribution is -2.61. The van der Waals surface area contributed by atoms with Gasteiger partial charge in [0.1, 0.15) is 11.2 Å². The molecule has 0 saturated heterocycles. The monoisotopic (exact) mass is 911 g/mol. The molecule has 0 spiro atoms. The van der Waals surface area contributed by atoms with Gasteiger partial charge < -0.3 is 14.1 Å². The Morgan fingerprint density at radius 3 is 1.56 bits per heavy atom. The van der Waals surface area contributed by atoms with Gasteiger partial charge >= 0.3 is 6.85 Å². The fourth-order valence-corrected chi connectivity index (χ4v) is 13.3. The van der Waals surface area contributed by atoms with Crippen molar-refractivity contribution in [2.24, 2.45) is 0 Å². The molecule has 0 saturated carbocycles. The number of hydrogen-bond acceptors (Lipinski definition) is 3. The van der Waals surface area contributed by atoms with Gasteiger partial charge in [0, 0.05) is 50.8 Å². The number of rotatable bonds is 4. The average molecular weight is 911 g/mol. The van der Waals surface area contributed by atoms with Crippen LogP contribution in [-0.4, -0.2) is 6.85 Å². The summed E-state index contributed by atoms with van der Waals surface area (Å²) in [5, 5.41) is 2.34. The van der Waals surface area contributed by atoms with Crippen molar-refractivity contribution in [3.63, 3.8) is 0 Å². The van der Waals surface area contributed by atoms with E-state index in [-0.39, 0.29) is 28.5 Å². The van der Waals surface area contributed by atoms with Crippen molar-refractivity contribution in [2.75, 3.05) is 9.71 Å². The minimum atomic E-state index is -0.154. The third-order valence-electron chi connectivity index (χ3n) is 17.6. The van der Waals surface area contributed by atoms with Crippen LogP contribution in [0.2, 0.25) is 0 Å². The van der Waals surface area contributed by atoms with Crippen molar-refractivity contribution >= 4 is 68.1 Å². The number of hydrogen-bond donors (Lipinski definition) is 0. The molecule has 8 aromatic carbocycles. The molecule has 9 aromatic rings. The van der Waals surface area contributed by atoms with Gasteiger partial charge in [-0.3, -0.25) is 0 Å². The van der Waals surface area contributed by atoms with Crippen LogP contribution in [0.3, 0.4) is 0 Å². The smallest absolute Gasteiger partial charge is 0.333 e. The first-order chi connectivity index (χ1) is 33.5. The van der Waals surface area contributed by atoms with Crippen molar-refractivity contribution in [1.82, 2.24) is 0 Å². The topological polar surface area (TPSA) is 19.6 Å². The summed E-state index contributed by atoms with van der Waals surface area (Å²) in [6.45, 7) is 24.2. The molecule has 70 heavy (non-hydrogen) atoms. The first-order valence-corrected chi connectivity index (χ1v) is 25.8. The molecule has 4 aliphatic rings. The molecule has 4 heteroatoms. The number of nitrogens with zero attached hydrogens (tertiary/aromatic N) is 2. The summed E-state index contributed by atoms with van der Waals surface area (Å²) in [6, 6.07) is 57.9. The molecular weight excluding hydrogens is 848 g/mol. The van der Waals surface area contributed by atoms with Crippen LogP contribution in [-0.2, 0) is 21.7 Å². The SMILES string of the molecule is Cc1cc2c(cc1N1B3c4ccc(-c5ccccc5)cc4N(c4cc5c(cc4C)C(C)(C)CCC5(C)C)c4cc5oc6ccccc6c5c(c43)-c3cc(-c4ccccc4)ccc31)C(C)(C)CCC2(C)C. The van der Waals surface area contributed by atoms with Crippen molar-refractivity contribution in [1.29, 1.82) is 0 Å². The van der Waals surface area contributed by atoms with E-state index in [1.54, 1.807) is 0 Å². The Labute approximate surface area is 415 Å². The van der Waals surface area contributed by atoms with E-state index < -0.39 is 0 Å². The highest BCUT2D eigenvalue weighted by Crippen LogP contribution is 2.56. The zero-order valence-corrected chi connectivity index (χ0v) is 42.6. The van der Waals surface area contributed by atoms with Crippen LogP contribution in [0.25, 0.3) is 55.3 Å². The summed E-state index contributed by atoms with van der Waals surface area (Å²) in [5.74, 6) is 0. The van der Waals surface area contributed by atoms with E-state index in [2.05, 4.69) is 231 Å². The average Bonchev–Trinajstić information content (AvgIpc) is 3.73. The number of aryl methyl sites for hydroxylation is 2. The highest BCUT2D eigenvalue weighted by molar-refractivity contribution is 6.94. The summed E-state index contributed by atoms with van der Waals surface area (Å²) in [6.07, 6.45) is 4.66. The molecule has 0 bridgehead atoms. The van der Waals surface area contributed by atoms with E-state index in [9.17, 15) is 0 Å². The minimum absolute atomic E-state index is 0.0261. The molecular formula is C66H63BN2O. The van der Waals surface area contributed by atoms with Crippen LogP contribution in [0.5, 0.6) is 0 Å². The quantitative estimate of drug-likeness (QED) is 0.164. The summed E-state index contributed by atoms with van der Waals surface area (Å²) in [5.41, 5.74) is 26.6. The summed E-state index contributed by atoms with van der Waals surface area (Å²) in [7, 11) is 0. The molecule has 2 aliphatic heterocycles. The maximum Gasteiger partial charge on any atom is 0.333 e. The van der Waals surface area contributed by atoms with E-state index in [1.807, 2.05) is 0 Å². The molecule has 0 unspecified atom stereocenters. The van der Waals surface area contributed by atoms with Gasteiger partial charge in [-0.05, 0) is 170 Å². The Morgan fingerprint density at radius 1 is 0.429 bits per heavy atom. The first-order valence-electron chi connectivity index (χ1n) is 25.8. The van der Waals surface area contributed by atoms with Crippen molar-refractivity contribution in [3.8, 4) is 33.4 Å². The zero-order valence-electron chi connectivity index (χ0n) is 42.6. The minimum Gasteiger partial charge on any atom is -0.456 e. The Kier molecular flexibility index (Phi) is 9.19. The van der Waals surface area contributed by atoms with Crippen molar-refractivity contribution in [2.45, 2.75) is 117 Å². The van der Waals surface area contributed by atoms with E-state index >= 15 is 0 Å². The molecule has 1 aromatic heterocycles. The largest absolute Gasteiger partial charge is 0.456 e. The fraction of sp³-hybridized carbons (Fsp3) is 0.273. The van der Waals surface area contributed by atoms with Gasteiger partial charge in [-0.25, -0.2) is 0 Å². The van der Waals surface area contributed by atoms with Gasteiger partial charge in [-0.15, -0.1) is 0 Å². The molecule has 346 valence electrons. The third kappa shape index (κ3) is 6.27. The predicted molar refractivity (Wildman–Crippen MR) is 298 cm³/mol. The van der Waals surface area contributed by atoms with Gasteiger partial charge in [0.25, 0.3) is 0 Å². The van der Waals surface area contributed by atoms with Gasteiger partial charge in [0.2, 0.25) is 0 Å². The maximum absolute atomic E-state index is 7.09. The Hall–Kier alpha value is -6.78. The maximum atomic E-state index is 7.09. The standard InChI is InChI=1S/C66H63BN2O/c1-40-33-48-50(65(7,8)31-29-63(48,3)4)37-54(40)68-56-36-45(43-21-15-12-16-22-43)25-27-52(56)67-62-57(68)39-59-60(46-23-17-18-24-58(46)70-59)61(62)47-35-44(42-19-13-11-14-20-42)26-28-53(47)69(67)55-38-51-49(34-41(55)2)64(5,6)30-32-66(51,9)10/h11-28,33-39H,29-32H2,1-10H3. The second-order valence-corrected chi connectivity index (χ2v) is 23.9. The van der Waals surface area contributed by atoms with Crippen LogP contribution in [0.4, 0.5) is 28.4 Å².